The summed E-state index contributed by atoms with van der Waals surface area (Å²) in [7, 11) is 0. The van der Waals surface area contributed by atoms with Crippen LogP contribution in [0.5, 0.6) is 0 Å². The third kappa shape index (κ3) is 4.43. The summed E-state index contributed by atoms with van der Waals surface area (Å²) in [5.74, 6) is -2.87. The molecule has 0 saturated carbocycles. The summed E-state index contributed by atoms with van der Waals surface area (Å²) in [4.78, 5) is 36.3. The number of carboxylic acid groups (broad SMARTS) is 1. The summed E-state index contributed by atoms with van der Waals surface area (Å²) >= 11 is 0. The number of carbonyl (C=O) groups is 3. The van der Waals surface area contributed by atoms with Gasteiger partial charge in [-0.1, -0.05) is 19.9 Å². The van der Waals surface area contributed by atoms with Gasteiger partial charge < -0.3 is 21.1 Å². The number of aromatic carboxylic acids is 1. The Morgan fingerprint density at radius 1 is 1.16 bits per heavy atom. The lowest BCUT2D eigenvalue weighted by molar-refractivity contribution is -0.113. The molecule has 2 heterocycles. The number of amides is 3. The zero-order valence-corrected chi connectivity index (χ0v) is 17.6. The van der Waals surface area contributed by atoms with E-state index in [2.05, 4.69) is 26.1 Å². The molecule has 0 bridgehead atoms. The van der Waals surface area contributed by atoms with Gasteiger partial charge in [0.15, 0.2) is 0 Å². The molecule has 166 valence electrons. The fourth-order valence-electron chi connectivity index (χ4n) is 3.35. The molecule has 0 aliphatic carbocycles. The number of carboxylic acids is 1. The van der Waals surface area contributed by atoms with Crippen LogP contribution in [-0.4, -0.2) is 33.2 Å². The SMILES string of the molecule is CC.CC1=C(C(=O)Nc2ccc3[nH]ncc3c2)C(c2ccc(F)c(C(=O)O)c2)NC(=O)N1. The normalized spacial score (nSPS) is 15.4. The van der Waals surface area contributed by atoms with Crippen molar-refractivity contribution in [2.75, 3.05) is 5.32 Å². The fraction of sp³-hybridized carbons (Fsp3) is 0.182. The number of benzene rings is 2. The van der Waals surface area contributed by atoms with Crippen LogP contribution in [0.25, 0.3) is 10.9 Å². The van der Waals surface area contributed by atoms with Crippen LogP contribution in [0.3, 0.4) is 0 Å². The Balaban J connectivity index is 0.00000141. The molecule has 0 saturated heterocycles. The number of rotatable bonds is 4. The molecule has 0 spiro atoms. The Hall–Kier alpha value is -4.21. The van der Waals surface area contributed by atoms with Gasteiger partial charge in [-0.05, 0) is 42.8 Å². The average Bonchev–Trinajstić information content (AvgIpc) is 3.22. The number of nitrogens with zero attached hydrogens (tertiary/aromatic N) is 1. The number of carbonyl (C=O) groups excluding carboxylic acids is 2. The van der Waals surface area contributed by atoms with Crippen molar-refractivity contribution in [3.63, 3.8) is 0 Å². The quantitative estimate of drug-likeness (QED) is 0.422. The van der Waals surface area contributed by atoms with Crippen molar-refractivity contribution in [1.29, 1.82) is 0 Å². The highest BCUT2D eigenvalue weighted by molar-refractivity contribution is 6.07. The first kappa shape index (κ1) is 22.5. The Morgan fingerprint density at radius 2 is 1.91 bits per heavy atom. The lowest BCUT2D eigenvalue weighted by atomic mass is 9.93. The molecule has 1 aromatic heterocycles. The highest BCUT2D eigenvalue weighted by atomic mass is 19.1. The summed E-state index contributed by atoms with van der Waals surface area (Å²) in [5.41, 5.74) is 1.49. The van der Waals surface area contributed by atoms with Gasteiger partial charge in [-0.25, -0.2) is 14.0 Å². The Kier molecular flexibility index (Phi) is 6.53. The minimum Gasteiger partial charge on any atom is -0.478 e. The van der Waals surface area contributed by atoms with Gasteiger partial charge in [-0.15, -0.1) is 0 Å². The van der Waals surface area contributed by atoms with Gasteiger partial charge >= 0.3 is 12.0 Å². The lowest BCUT2D eigenvalue weighted by Gasteiger charge is -2.29. The van der Waals surface area contributed by atoms with Crippen LogP contribution in [0.1, 0.15) is 42.7 Å². The Morgan fingerprint density at radius 3 is 2.62 bits per heavy atom. The largest absolute Gasteiger partial charge is 0.478 e. The van der Waals surface area contributed by atoms with Crippen LogP contribution in [0.4, 0.5) is 14.9 Å². The molecule has 32 heavy (non-hydrogen) atoms. The average molecular weight is 439 g/mol. The number of hydrogen-bond acceptors (Lipinski definition) is 4. The highest BCUT2D eigenvalue weighted by Crippen LogP contribution is 2.29. The molecule has 2 aromatic carbocycles. The summed E-state index contributed by atoms with van der Waals surface area (Å²) in [6, 6.07) is 7.09. The molecule has 1 atom stereocenters. The number of halogens is 1. The summed E-state index contributed by atoms with van der Waals surface area (Å²) in [6.07, 6.45) is 1.62. The summed E-state index contributed by atoms with van der Waals surface area (Å²) in [6.45, 7) is 5.56. The molecular weight excluding hydrogens is 417 g/mol. The van der Waals surface area contributed by atoms with E-state index in [0.717, 1.165) is 23.0 Å². The predicted octanol–water partition coefficient (Wildman–Crippen LogP) is 3.69. The topological polar surface area (TPSA) is 136 Å². The number of aromatic nitrogens is 2. The van der Waals surface area contributed by atoms with E-state index in [1.807, 2.05) is 13.8 Å². The Labute approximate surface area is 182 Å². The van der Waals surface area contributed by atoms with Gasteiger partial charge in [-0.3, -0.25) is 9.89 Å². The summed E-state index contributed by atoms with van der Waals surface area (Å²) < 4.78 is 13.8. The van der Waals surface area contributed by atoms with E-state index in [4.69, 9.17) is 0 Å². The predicted molar refractivity (Wildman–Crippen MR) is 117 cm³/mol. The standard InChI is InChI=1S/C20H16FN5O4.C2H6/c1-9-16(18(27)24-12-3-5-15-11(6-12)8-22-26-15)17(25-20(30)23-9)10-2-4-14(21)13(7-10)19(28)29;1-2/h2-8,17H,1H3,(H,22,26)(H,24,27)(H,28,29)(H2,23,25,30);1-2H3. The van der Waals surface area contributed by atoms with Crippen LogP contribution >= 0.6 is 0 Å². The van der Waals surface area contributed by atoms with Crippen molar-refractivity contribution in [2.45, 2.75) is 26.8 Å². The molecule has 3 amide bonds. The molecule has 4 rings (SSSR count). The zero-order valence-electron chi connectivity index (χ0n) is 17.6. The van der Waals surface area contributed by atoms with Crippen LogP contribution < -0.4 is 16.0 Å². The smallest absolute Gasteiger partial charge is 0.338 e. The van der Waals surface area contributed by atoms with Crippen molar-refractivity contribution in [3.05, 3.63) is 70.8 Å². The van der Waals surface area contributed by atoms with Gasteiger partial charge in [0, 0.05) is 16.8 Å². The van der Waals surface area contributed by atoms with Gasteiger partial charge in [0.1, 0.15) is 5.82 Å². The molecule has 1 unspecified atom stereocenters. The van der Waals surface area contributed by atoms with Crippen molar-refractivity contribution in [3.8, 4) is 0 Å². The van der Waals surface area contributed by atoms with E-state index in [9.17, 15) is 23.9 Å². The number of H-pyrrole nitrogens is 1. The number of anilines is 1. The highest BCUT2D eigenvalue weighted by Gasteiger charge is 2.32. The maximum Gasteiger partial charge on any atom is 0.338 e. The number of nitrogens with one attached hydrogen (secondary N) is 4. The first-order chi connectivity index (χ1) is 15.3. The first-order valence-electron chi connectivity index (χ1n) is 9.89. The number of urea groups is 1. The first-order valence-corrected chi connectivity index (χ1v) is 9.89. The third-order valence-electron chi connectivity index (χ3n) is 4.77. The van der Waals surface area contributed by atoms with E-state index in [1.54, 1.807) is 31.3 Å². The number of aromatic amines is 1. The molecular formula is C22H22FN5O4. The maximum absolute atomic E-state index is 13.8. The number of hydrogen-bond donors (Lipinski definition) is 5. The van der Waals surface area contributed by atoms with E-state index in [1.165, 1.54) is 6.07 Å². The zero-order chi connectivity index (χ0) is 23.4. The number of fused-ring (bicyclic) bond motifs is 1. The second-order valence-corrected chi connectivity index (χ2v) is 6.74. The van der Waals surface area contributed by atoms with Crippen LogP contribution in [0.2, 0.25) is 0 Å². The summed E-state index contributed by atoms with van der Waals surface area (Å²) in [5, 5.41) is 24.6. The van der Waals surface area contributed by atoms with Crippen LogP contribution in [0.15, 0.2) is 53.9 Å². The minimum absolute atomic E-state index is 0.171. The minimum atomic E-state index is -1.45. The molecule has 1 aliphatic rings. The van der Waals surface area contributed by atoms with Crippen LogP contribution in [0, 0.1) is 5.82 Å². The van der Waals surface area contributed by atoms with E-state index >= 15 is 0 Å². The second-order valence-electron chi connectivity index (χ2n) is 6.74. The molecule has 5 N–H and O–H groups in total. The van der Waals surface area contributed by atoms with Crippen molar-refractivity contribution in [2.24, 2.45) is 0 Å². The van der Waals surface area contributed by atoms with Gasteiger partial charge in [-0.2, -0.15) is 5.10 Å². The van der Waals surface area contributed by atoms with Crippen LogP contribution in [-0.2, 0) is 4.79 Å². The number of allylic oxidation sites excluding steroid dienone is 1. The monoisotopic (exact) mass is 439 g/mol. The fourth-order valence-corrected chi connectivity index (χ4v) is 3.35. The molecule has 10 heteroatoms. The van der Waals surface area contributed by atoms with E-state index in [0.29, 0.717) is 11.4 Å². The van der Waals surface area contributed by atoms with Crippen molar-refractivity contribution >= 4 is 34.5 Å². The van der Waals surface area contributed by atoms with Gasteiger partial charge in [0.25, 0.3) is 5.91 Å². The molecule has 3 aromatic rings. The second kappa shape index (κ2) is 9.29. The third-order valence-corrected chi connectivity index (χ3v) is 4.77. The Bertz CT molecular complexity index is 1230. The van der Waals surface area contributed by atoms with E-state index < -0.39 is 35.3 Å². The molecule has 0 fully saturated rings. The molecule has 1 aliphatic heterocycles. The van der Waals surface area contributed by atoms with Crippen molar-refractivity contribution < 1.29 is 23.9 Å². The lowest BCUT2D eigenvalue weighted by Crippen LogP contribution is -2.46. The van der Waals surface area contributed by atoms with Gasteiger partial charge in [0.2, 0.25) is 0 Å². The van der Waals surface area contributed by atoms with Gasteiger partial charge in [0.05, 0.1) is 28.9 Å². The maximum atomic E-state index is 13.8. The molecule has 0 radical (unpaired) electrons. The molecule has 9 nitrogen and oxygen atoms in total. The van der Waals surface area contributed by atoms with E-state index in [-0.39, 0.29) is 11.1 Å². The van der Waals surface area contributed by atoms with Crippen molar-refractivity contribution in [1.82, 2.24) is 20.8 Å².